The summed E-state index contributed by atoms with van der Waals surface area (Å²) in [7, 11) is 1.50. The second-order valence-electron chi connectivity index (χ2n) is 0. The molecule has 0 fully saturated rings. The molecule has 6 heavy (non-hydrogen) atoms. The largest absolute Gasteiger partial charge is 0.333 e. The van der Waals surface area contributed by atoms with Crippen LogP contribution in [0.1, 0.15) is 0 Å². The van der Waals surface area contributed by atoms with Crippen molar-refractivity contribution in [1.29, 1.82) is 0 Å². The van der Waals surface area contributed by atoms with Crippen LogP contribution in [-0.4, -0.2) is 13.4 Å². The molecular formula is C2H8Ar2ClN. The average molecular weight is 161 g/mol. The van der Waals surface area contributed by atoms with Gasteiger partial charge in [-0.15, -0.1) is 11.6 Å². The normalized spacial score (nSPS) is 2.00. The molecule has 0 aliphatic rings. The molecule has 0 radical (unpaired) electrons. The first kappa shape index (κ1) is 23.3. The van der Waals surface area contributed by atoms with Crippen molar-refractivity contribution in [2.75, 3.05) is 13.4 Å². The fourth-order valence-electron chi connectivity index (χ4n) is 0. The SMILES string of the molecule is CCl.CN.[Ar].[Ar]. The molecule has 0 saturated carbocycles. The van der Waals surface area contributed by atoms with Crippen molar-refractivity contribution < 1.29 is 75.5 Å². The van der Waals surface area contributed by atoms with E-state index in [1.807, 2.05) is 0 Å². The topological polar surface area (TPSA) is 26.0 Å². The van der Waals surface area contributed by atoms with Gasteiger partial charge >= 0.3 is 0 Å². The Hall–Kier alpha value is 2.77. The fraction of sp³-hybridized carbons (Fsp3) is 1.00. The van der Waals surface area contributed by atoms with Gasteiger partial charge < -0.3 is 5.73 Å². The van der Waals surface area contributed by atoms with Crippen molar-refractivity contribution in [1.82, 2.24) is 0 Å². The van der Waals surface area contributed by atoms with E-state index in [-0.39, 0.29) is 75.5 Å². The molecular weight excluding hydrogens is 153 g/mol. The molecule has 0 aromatic carbocycles. The zero-order valence-electron chi connectivity index (χ0n) is 3.66. The van der Waals surface area contributed by atoms with Gasteiger partial charge in [-0.05, 0) is 7.05 Å². The zero-order valence-corrected chi connectivity index (χ0v) is 5.83. The molecule has 2 N–H and O–H groups in total. The summed E-state index contributed by atoms with van der Waals surface area (Å²) in [4.78, 5) is 0. The Morgan fingerprint density at radius 1 is 1.00 bits per heavy atom. The van der Waals surface area contributed by atoms with E-state index >= 15 is 0 Å². The van der Waals surface area contributed by atoms with Crippen molar-refractivity contribution in [3.63, 3.8) is 0 Å². The Kier molecular flexibility index (Phi) is 180. The number of alkyl halides is 1. The summed E-state index contributed by atoms with van der Waals surface area (Å²) in [5, 5.41) is 0. The van der Waals surface area contributed by atoms with Crippen molar-refractivity contribution in [2.45, 2.75) is 0 Å². The monoisotopic (exact) mass is 161 g/mol. The van der Waals surface area contributed by atoms with Crippen LogP contribution in [0.5, 0.6) is 0 Å². The fourth-order valence-corrected chi connectivity index (χ4v) is 0. The Balaban J connectivity index is -0.00000000500. The van der Waals surface area contributed by atoms with E-state index in [0.29, 0.717) is 0 Å². The molecule has 0 spiro atoms. The van der Waals surface area contributed by atoms with Gasteiger partial charge in [0.05, 0.1) is 0 Å². The Bertz CT molecular complexity index is 11.5. The molecule has 44 valence electrons. The minimum atomic E-state index is 0. The van der Waals surface area contributed by atoms with Crippen LogP contribution in [0.4, 0.5) is 0 Å². The van der Waals surface area contributed by atoms with Crippen LogP contribution >= 0.6 is 11.6 Å². The quantitative estimate of drug-likeness (QED) is 0.512. The van der Waals surface area contributed by atoms with E-state index in [1.54, 1.807) is 0 Å². The van der Waals surface area contributed by atoms with Crippen LogP contribution in [0.3, 0.4) is 0 Å². The molecule has 0 unspecified atom stereocenters. The molecule has 0 aromatic heterocycles. The summed E-state index contributed by atoms with van der Waals surface area (Å²) in [6.07, 6.45) is 1.47. The first-order valence-corrected chi connectivity index (χ1v) is 1.71. The average Bonchev–Trinajstić information content (AvgIpc) is 1.50. The van der Waals surface area contributed by atoms with E-state index in [4.69, 9.17) is 0 Å². The third-order valence-electron chi connectivity index (χ3n) is 0. The maximum atomic E-state index is 4.64. The first-order valence-electron chi connectivity index (χ1n) is 0.955. The second kappa shape index (κ2) is 46.4. The van der Waals surface area contributed by atoms with Crippen molar-refractivity contribution >= 4 is 11.6 Å². The van der Waals surface area contributed by atoms with Crippen LogP contribution in [0.25, 0.3) is 0 Å². The molecule has 0 heterocycles. The van der Waals surface area contributed by atoms with Gasteiger partial charge in [0.2, 0.25) is 0 Å². The maximum Gasteiger partial charge on any atom is 0.0108 e. The Labute approximate surface area is 104 Å². The molecule has 4 heteroatoms. The van der Waals surface area contributed by atoms with Crippen molar-refractivity contribution in [2.24, 2.45) is 5.73 Å². The van der Waals surface area contributed by atoms with Gasteiger partial charge in [-0.1, -0.05) is 0 Å². The third-order valence-corrected chi connectivity index (χ3v) is 0. The van der Waals surface area contributed by atoms with E-state index in [9.17, 15) is 0 Å². The van der Waals surface area contributed by atoms with Gasteiger partial charge in [0.15, 0.2) is 0 Å². The molecule has 1 nitrogen and oxygen atoms in total. The number of halogens is 1. The first-order chi connectivity index (χ1) is 2.00. The smallest absolute Gasteiger partial charge is 0.0108 e. The van der Waals surface area contributed by atoms with Gasteiger partial charge in [-0.3, -0.25) is 0 Å². The van der Waals surface area contributed by atoms with Gasteiger partial charge in [0, 0.05) is 81.9 Å². The van der Waals surface area contributed by atoms with Crippen LogP contribution < -0.4 is 5.73 Å². The number of nitrogens with two attached hydrogens (primary N) is 1. The molecule has 0 amide bonds. The number of rotatable bonds is 0. The molecule has 0 bridgehead atoms. The number of hydrogen-bond donors (Lipinski definition) is 1. The van der Waals surface area contributed by atoms with Crippen LogP contribution in [0, 0.1) is 75.5 Å². The minimum absolute atomic E-state index is 0. The maximum absolute atomic E-state index is 4.64. The molecule has 0 atom stereocenters. The molecule has 0 aliphatic heterocycles. The van der Waals surface area contributed by atoms with Crippen molar-refractivity contribution in [3.05, 3.63) is 0 Å². The Morgan fingerprint density at radius 2 is 1.00 bits per heavy atom. The van der Waals surface area contributed by atoms with Gasteiger partial charge in [-0.25, -0.2) is 0 Å². The summed E-state index contributed by atoms with van der Waals surface area (Å²) in [5.74, 6) is 0. The van der Waals surface area contributed by atoms with Crippen molar-refractivity contribution in [3.8, 4) is 0 Å². The van der Waals surface area contributed by atoms with E-state index < -0.39 is 0 Å². The predicted octanol–water partition coefficient (Wildman–Crippen LogP) is 0.430. The molecule has 0 aliphatic carbocycles. The molecule has 0 rings (SSSR count). The van der Waals surface area contributed by atoms with Crippen LogP contribution in [-0.2, 0) is 0 Å². The van der Waals surface area contributed by atoms with Crippen LogP contribution in [0.15, 0.2) is 0 Å². The minimum Gasteiger partial charge on any atom is -0.333 e. The third kappa shape index (κ3) is 29.4. The second-order valence-corrected chi connectivity index (χ2v) is 0. The van der Waals surface area contributed by atoms with Gasteiger partial charge in [-0.2, -0.15) is 0 Å². The number of hydrogen-bond acceptors (Lipinski definition) is 1. The van der Waals surface area contributed by atoms with Gasteiger partial charge in [0.25, 0.3) is 0 Å². The zero-order chi connectivity index (χ0) is 4.00. The standard InChI is InChI=1S/CH3Cl.CH5N.2Ar/c2*1-2;;/h1H3;2H2,1H3;;. The predicted molar refractivity (Wildman–Crippen MR) is 21.9 cm³/mol. The summed E-state index contributed by atoms with van der Waals surface area (Å²) in [6, 6.07) is 0. The molecule has 0 aromatic rings. The van der Waals surface area contributed by atoms with E-state index in [1.165, 1.54) is 13.4 Å². The summed E-state index contributed by atoms with van der Waals surface area (Å²) < 4.78 is 0. The molecule has 0 saturated heterocycles. The van der Waals surface area contributed by atoms with Crippen LogP contribution in [0.2, 0.25) is 0 Å². The van der Waals surface area contributed by atoms with E-state index in [2.05, 4.69) is 17.3 Å². The van der Waals surface area contributed by atoms with Gasteiger partial charge in [0.1, 0.15) is 0 Å². The summed E-state index contributed by atoms with van der Waals surface area (Å²) in [6.45, 7) is 0. The Morgan fingerprint density at radius 3 is 1.00 bits per heavy atom. The summed E-state index contributed by atoms with van der Waals surface area (Å²) >= 11 is 4.64. The van der Waals surface area contributed by atoms with E-state index in [0.717, 1.165) is 0 Å². The summed E-state index contributed by atoms with van der Waals surface area (Å²) in [5.41, 5.74) is 4.50.